The molecule has 0 fully saturated rings. The molecule has 0 amide bonds. The molecule has 0 aliphatic heterocycles. The lowest BCUT2D eigenvalue weighted by Gasteiger charge is -2.09. The Morgan fingerprint density at radius 1 is 1.20 bits per heavy atom. The molecule has 0 N–H and O–H groups in total. The Morgan fingerprint density at radius 2 is 1.95 bits per heavy atom. The van der Waals surface area contributed by atoms with Gasteiger partial charge in [-0.15, -0.1) is 0 Å². The zero-order valence-electron chi connectivity index (χ0n) is 10.6. The molecule has 0 radical (unpaired) electrons. The van der Waals surface area contributed by atoms with E-state index in [0.29, 0.717) is 17.4 Å². The molecule has 0 unspecified atom stereocenters. The van der Waals surface area contributed by atoms with Crippen molar-refractivity contribution >= 4 is 21.7 Å². The van der Waals surface area contributed by atoms with Gasteiger partial charge >= 0.3 is 0 Å². The molecule has 2 aromatic carbocycles. The summed E-state index contributed by atoms with van der Waals surface area (Å²) in [6.45, 7) is 0. The molecule has 104 valence electrons. The number of Topliss-reactive ketones (excluding diaryl/α,β-unsaturated/α-hetero) is 1. The first kappa shape index (κ1) is 14.7. The molecule has 2 rings (SSSR count). The second kappa shape index (κ2) is 6.13. The van der Waals surface area contributed by atoms with Crippen molar-refractivity contribution < 1.29 is 18.3 Å². The maximum Gasteiger partial charge on any atom is 0.170 e. The molecule has 0 heterocycles. The lowest BCUT2D eigenvalue weighted by Crippen LogP contribution is -2.07. The first-order valence-electron chi connectivity index (χ1n) is 5.82. The minimum Gasteiger partial charge on any atom is -0.496 e. The normalized spacial score (nSPS) is 10.4. The number of carbonyl (C=O) groups is 1. The van der Waals surface area contributed by atoms with E-state index in [1.165, 1.54) is 7.11 Å². The van der Waals surface area contributed by atoms with Crippen LogP contribution in [-0.2, 0) is 6.42 Å². The van der Waals surface area contributed by atoms with Crippen LogP contribution in [-0.4, -0.2) is 12.9 Å². The van der Waals surface area contributed by atoms with Crippen molar-refractivity contribution in [1.82, 2.24) is 0 Å². The number of halogens is 3. The Balaban J connectivity index is 2.30. The van der Waals surface area contributed by atoms with Crippen LogP contribution in [0, 0.1) is 11.6 Å². The lowest BCUT2D eigenvalue weighted by molar-refractivity contribution is 0.0988. The summed E-state index contributed by atoms with van der Waals surface area (Å²) in [5.74, 6) is -1.45. The minimum absolute atomic E-state index is 0.0227. The molecule has 2 aromatic rings. The van der Waals surface area contributed by atoms with E-state index in [2.05, 4.69) is 15.9 Å². The van der Waals surface area contributed by atoms with Crippen LogP contribution < -0.4 is 4.74 Å². The van der Waals surface area contributed by atoms with Gasteiger partial charge in [-0.3, -0.25) is 4.79 Å². The van der Waals surface area contributed by atoms with Crippen LogP contribution in [0.15, 0.2) is 40.9 Å². The Hall–Kier alpha value is -1.75. The predicted molar refractivity (Wildman–Crippen MR) is 75.1 cm³/mol. The van der Waals surface area contributed by atoms with Crippen LogP contribution in [0.3, 0.4) is 0 Å². The summed E-state index contributed by atoms with van der Waals surface area (Å²) < 4.78 is 32.3. The molecule has 0 saturated heterocycles. The standard InChI is InChI=1S/C15H11BrF2O2/c1-20-15-5-2-10(16)6-9(15)7-14(19)12-4-3-11(17)8-13(12)18/h2-6,8H,7H2,1H3. The van der Waals surface area contributed by atoms with E-state index < -0.39 is 17.4 Å². The quantitative estimate of drug-likeness (QED) is 0.781. The van der Waals surface area contributed by atoms with Crippen molar-refractivity contribution in [1.29, 1.82) is 0 Å². The molecule has 0 aliphatic carbocycles. The third-order valence-electron chi connectivity index (χ3n) is 2.82. The van der Waals surface area contributed by atoms with Gasteiger partial charge < -0.3 is 4.74 Å². The van der Waals surface area contributed by atoms with Gasteiger partial charge in [0.1, 0.15) is 17.4 Å². The highest BCUT2D eigenvalue weighted by atomic mass is 79.9. The van der Waals surface area contributed by atoms with Crippen LogP contribution in [0.25, 0.3) is 0 Å². The van der Waals surface area contributed by atoms with E-state index in [1.807, 2.05) is 0 Å². The van der Waals surface area contributed by atoms with Crippen molar-refractivity contribution in [3.05, 3.63) is 63.6 Å². The van der Waals surface area contributed by atoms with E-state index in [0.717, 1.165) is 16.6 Å². The second-order valence-corrected chi connectivity index (χ2v) is 5.10. The summed E-state index contributed by atoms with van der Waals surface area (Å²) in [4.78, 5) is 12.1. The van der Waals surface area contributed by atoms with E-state index in [4.69, 9.17) is 4.74 Å². The van der Waals surface area contributed by atoms with Gasteiger partial charge in [-0.05, 0) is 30.3 Å². The molecule has 0 bridgehead atoms. The third-order valence-corrected chi connectivity index (χ3v) is 3.32. The van der Waals surface area contributed by atoms with Gasteiger partial charge in [0, 0.05) is 22.5 Å². The van der Waals surface area contributed by atoms with Gasteiger partial charge in [0.25, 0.3) is 0 Å². The van der Waals surface area contributed by atoms with Crippen LogP contribution in [0.4, 0.5) is 8.78 Å². The van der Waals surface area contributed by atoms with Crippen LogP contribution in [0.5, 0.6) is 5.75 Å². The van der Waals surface area contributed by atoms with Gasteiger partial charge in [-0.2, -0.15) is 0 Å². The van der Waals surface area contributed by atoms with Crippen LogP contribution in [0.1, 0.15) is 15.9 Å². The molecular formula is C15H11BrF2O2. The summed E-state index contributed by atoms with van der Waals surface area (Å²) >= 11 is 3.31. The molecule has 20 heavy (non-hydrogen) atoms. The van der Waals surface area contributed by atoms with Crippen molar-refractivity contribution in [3.63, 3.8) is 0 Å². The number of carbonyl (C=O) groups excluding carboxylic acids is 1. The second-order valence-electron chi connectivity index (χ2n) is 4.18. The molecule has 0 atom stereocenters. The molecule has 0 aromatic heterocycles. The highest BCUT2D eigenvalue weighted by Gasteiger charge is 2.15. The Kier molecular flexibility index (Phi) is 4.49. The fourth-order valence-corrected chi connectivity index (χ4v) is 2.28. The van der Waals surface area contributed by atoms with E-state index >= 15 is 0 Å². The Bertz CT molecular complexity index is 656. The first-order valence-corrected chi connectivity index (χ1v) is 6.61. The topological polar surface area (TPSA) is 26.3 Å². The van der Waals surface area contributed by atoms with Crippen molar-refractivity contribution in [2.24, 2.45) is 0 Å². The van der Waals surface area contributed by atoms with Gasteiger partial charge in [-0.1, -0.05) is 15.9 Å². The lowest BCUT2D eigenvalue weighted by atomic mass is 10.0. The number of ketones is 1. The summed E-state index contributed by atoms with van der Waals surface area (Å²) in [7, 11) is 1.50. The van der Waals surface area contributed by atoms with Gasteiger partial charge in [0.05, 0.1) is 12.7 Å². The predicted octanol–water partition coefficient (Wildman–Crippen LogP) is 4.16. The number of benzene rings is 2. The van der Waals surface area contributed by atoms with Gasteiger partial charge in [0.15, 0.2) is 5.78 Å². The SMILES string of the molecule is COc1ccc(Br)cc1CC(=O)c1ccc(F)cc1F. The monoisotopic (exact) mass is 340 g/mol. The number of methoxy groups -OCH3 is 1. The highest BCUT2D eigenvalue weighted by molar-refractivity contribution is 9.10. The van der Waals surface area contributed by atoms with E-state index in [1.54, 1.807) is 18.2 Å². The van der Waals surface area contributed by atoms with Crippen molar-refractivity contribution in [3.8, 4) is 5.75 Å². The minimum atomic E-state index is -0.857. The van der Waals surface area contributed by atoms with E-state index in [9.17, 15) is 13.6 Å². The zero-order valence-corrected chi connectivity index (χ0v) is 12.2. The largest absolute Gasteiger partial charge is 0.496 e. The third kappa shape index (κ3) is 3.22. The molecule has 2 nitrogen and oxygen atoms in total. The summed E-state index contributed by atoms with van der Waals surface area (Å²) in [6.07, 6.45) is -0.0227. The molecule has 0 aliphatic rings. The van der Waals surface area contributed by atoms with Gasteiger partial charge in [-0.25, -0.2) is 8.78 Å². The summed E-state index contributed by atoms with van der Waals surface area (Å²) in [6, 6.07) is 8.15. The molecular weight excluding hydrogens is 330 g/mol. The molecule has 0 spiro atoms. The van der Waals surface area contributed by atoms with Crippen LogP contribution in [0.2, 0.25) is 0 Å². The average molecular weight is 341 g/mol. The Labute approximate surface area is 123 Å². The average Bonchev–Trinajstić information content (AvgIpc) is 2.38. The maximum absolute atomic E-state index is 13.6. The summed E-state index contributed by atoms with van der Waals surface area (Å²) in [5.41, 5.74) is 0.504. The number of hydrogen-bond donors (Lipinski definition) is 0. The smallest absolute Gasteiger partial charge is 0.170 e. The molecule has 5 heteroatoms. The maximum atomic E-state index is 13.6. The summed E-state index contributed by atoms with van der Waals surface area (Å²) in [5, 5.41) is 0. The van der Waals surface area contributed by atoms with Gasteiger partial charge in [0.2, 0.25) is 0 Å². The number of ether oxygens (including phenoxy) is 1. The fourth-order valence-electron chi connectivity index (χ4n) is 1.87. The number of rotatable bonds is 4. The van der Waals surface area contributed by atoms with Crippen molar-refractivity contribution in [2.75, 3.05) is 7.11 Å². The Morgan fingerprint density at radius 3 is 2.60 bits per heavy atom. The zero-order chi connectivity index (χ0) is 14.7. The van der Waals surface area contributed by atoms with Crippen molar-refractivity contribution in [2.45, 2.75) is 6.42 Å². The highest BCUT2D eigenvalue weighted by Crippen LogP contribution is 2.25. The molecule has 0 saturated carbocycles. The van der Waals surface area contributed by atoms with Crippen LogP contribution >= 0.6 is 15.9 Å². The number of hydrogen-bond acceptors (Lipinski definition) is 2. The first-order chi connectivity index (χ1) is 9.51. The fraction of sp³-hybridized carbons (Fsp3) is 0.133. The van der Waals surface area contributed by atoms with E-state index in [-0.39, 0.29) is 12.0 Å².